The van der Waals surface area contributed by atoms with E-state index in [1.807, 2.05) is 46.0 Å². The number of aromatic nitrogens is 6. The van der Waals surface area contributed by atoms with Gasteiger partial charge in [-0.15, -0.1) is 0 Å². The molecule has 3 heterocycles. The summed E-state index contributed by atoms with van der Waals surface area (Å²) in [6.45, 7) is 6.12. The zero-order valence-electron chi connectivity index (χ0n) is 15.7. The largest absolute Gasteiger partial charge is 0.300 e. The SMILES string of the molecule is Cc1nc(C)n(CC(C)C(=O)N(C)c2cc(-c3cccnc3)nn2C)n1. The van der Waals surface area contributed by atoms with E-state index in [0.717, 1.165) is 22.9 Å². The quantitative estimate of drug-likeness (QED) is 0.701. The number of rotatable bonds is 5. The van der Waals surface area contributed by atoms with Gasteiger partial charge in [0.2, 0.25) is 5.91 Å². The Kier molecular flexibility index (Phi) is 4.83. The zero-order chi connectivity index (χ0) is 18.8. The van der Waals surface area contributed by atoms with Gasteiger partial charge in [-0.25, -0.2) is 9.67 Å². The van der Waals surface area contributed by atoms with E-state index < -0.39 is 0 Å². The second-order valence-corrected chi connectivity index (χ2v) is 6.44. The first kappa shape index (κ1) is 17.8. The first-order chi connectivity index (χ1) is 12.4. The van der Waals surface area contributed by atoms with Gasteiger partial charge in [0.15, 0.2) is 0 Å². The Labute approximate surface area is 152 Å². The number of hydrogen-bond acceptors (Lipinski definition) is 5. The summed E-state index contributed by atoms with van der Waals surface area (Å²) in [6, 6.07) is 5.70. The summed E-state index contributed by atoms with van der Waals surface area (Å²) < 4.78 is 3.48. The summed E-state index contributed by atoms with van der Waals surface area (Å²) in [5.74, 6) is 2.01. The van der Waals surface area contributed by atoms with Crippen LogP contribution in [0.5, 0.6) is 0 Å². The molecule has 3 rings (SSSR count). The molecule has 3 aromatic rings. The summed E-state index contributed by atoms with van der Waals surface area (Å²) in [6.07, 6.45) is 3.48. The van der Waals surface area contributed by atoms with E-state index in [4.69, 9.17) is 0 Å². The van der Waals surface area contributed by atoms with Crippen LogP contribution in [-0.4, -0.2) is 42.5 Å². The molecule has 0 aliphatic heterocycles. The summed E-state index contributed by atoms with van der Waals surface area (Å²) in [5, 5.41) is 8.84. The Hall–Kier alpha value is -3.03. The minimum atomic E-state index is -0.239. The monoisotopic (exact) mass is 353 g/mol. The van der Waals surface area contributed by atoms with Gasteiger partial charge in [-0.3, -0.25) is 19.4 Å². The molecule has 0 bridgehead atoms. The van der Waals surface area contributed by atoms with Crippen LogP contribution in [0.1, 0.15) is 18.6 Å². The number of carbonyl (C=O) groups is 1. The topological polar surface area (TPSA) is 81.7 Å². The van der Waals surface area contributed by atoms with Crippen LogP contribution in [0.15, 0.2) is 30.6 Å². The summed E-state index contributed by atoms with van der Waals surface area (Å²) in [4.78, 5) is 22.9. The number of nitrogens with zero attached hydrogens (tertiary/aromatic N) is 7. The molecule has 8 heteroatoms. The highest BCUT2D eigenvalue weighted by Crippen LogP contribution is 2.23. The number of aryl methyl sites for hydroxylation is 3. The first-order valence-electron chi connectivity index (χ1n) is 8.47. The van der Waals surface area contributed by atoms with Gasteiger partial charge in [0.1, 0.15) is 17.5 Å². The molecule has 3 aromatic heterocycles. The van der Waals surface area contributed by atoms with E-state index in [9.17, 15) is 4.79 Å². The number of anilines is 1. The van der Waals surface area contributed by atoms with Gasteiger partial charge in [-0.1, -0.05) is 6.92 Å². The van der Waals surface area contributed by atoms with E-state index >= 15 is 0 Å². The highest BCUT2D eigenvalue weighted by Gasteiger charge is 2.23. The van der Waals surface area contributed by atoms with Crippen molar-refractivity contribution in [2.24, 2.45) is 13.0 Å². The lowest BCUT2D eigenvalue weighted by Gasteiger charge is -2.21. The van der Waals surface area contributed by atoms with Gasteiger partial charge in [0, 0.05) is 38.1 Å². The third-order valence-electron chi connectivity index (χ3n) is 4.32. The number of carbonyl (C=O) groups excluding carboxylic acids is 1. The number of hydrogen-bond donors (Lipinski definition) is 0. The predicted molar refractivity (Wildman–Crippen MR) is 98.5 cm³/mol. The van der Waals surface area contributed by atoms with Crippen LogP contribution in [0.4, 0.5) is 5.82 Å². The molecule has 0 spiro atoms. The standard InChI is InChI=1S/C18H23N7O/c1-12(11-25-14(3)20-13(2)21-25)18(26)23(4)17-9-16(22-24(17)5)15-7-6-8-19-10-15/h6-10,12H,11H2,1-5H3. The van der Waals surface area contributed by atoms with Crippen molar-refractivity contribution in [3.05, 3.63) is 42.2 Å². The van der Waals surface area contributed by atoms with Crippen molar-refractivity contribution in [1.29, 1.82) is 0 Å². The van der Waals surface area contributed by atoms with Crippen LogP contribution < -0.4 is 4.90 Å². The molecule has 8 nitrogen and oxygen atoms in total. The van der Waals surface area contributed by atoms with Gasteiger partial charge in [0.05, 0.1) is 18.2 Å². The van der Waals surface area contributed by atoms with Crippen molar-refractivity contribution in [3.63, 3.8) is 0 Å². The van der Waals surface area contributed by atoms with Gasteiger partial charge in [-0.2, -0.15) is 10.2 Å². The molecule has 0 saturated carbocycles. The minimum absolute atomic E-state index is 0.00158. The van der Waals surface area contributed by atoms with Crippen LogP contribution in [0.3, 0.4) is 0 Å². The molecule has 0 N–H and O–H groups in total. The third-order valence-corrected chi connectivity index (χ3v) is 4.32. The summed E-state index contributed by atoms with van der Waals surface area (Å²) in [5.41, 5.74) is 1.70. The maximum atomic E-state index is 12.9. The first-order valence-corrected chi connectivity index (χ1v) is 8.47. The molecule has 0 fully saturated rings. The average molecular weight is 353 g/mol. The maximum Gasteiger partial charge on any atom is 0.232 e. The van der Waals surface area contributed by atoms with Crippen molar-refractivity contribution < 1.29 is 4.79 Å². The molecule has 0 aliphatic rings. The lowest BCUT2D eigenvalue weighted by Crippen LogP contribution is -2.35. The van der Waals surface area contributed by atoms with E-state index in [-0.39, 0.29) is 11.8 Å². The molecule has 0 aliphatic carbocycles. The van der Waals surface area contributed by atoms with E-state index in [2.05, 4.69) is 20.2 Å². The minimum Gasteiger partial charge on any atom is -0.300 e. The molecular weight excluding hydrogens is 330 g/mol. The molecular formula is C18H23N7O. The molecule has 1 unspecified atom stereocenters. The van der Waals surface area contributed by atoms with Gasteiger partial charge in [0.25, 0.3) is 0 Å². The Morgan fingerprint density at radius 1 is 1.31 bits per heavy atom. The van der Waals surface area contributed by atoms with Crippen molar-refractivity contribution in [2.45, 2.75) is 27.3 Å². The van der Waals surface area contributed by atoms with Crippen molar-refractivity contribution in [3.8, 4) is 11.3 Å². The fourth-order valence-corrected chi connectivity index (χ4v) is 2.94. The maximum absolute atomic E-state index is 12.9. The third kappa shape index (κ3) is 3.49. The van der Waals surface area contributed by atoms with Crippen molar-refractivity contribution in [1.82, 2.24) is 29.5 Å². The van der Waals surface area contributed by atoms with Gasteiger partial charge < -0.3 is 0 Å². The molecule has 0 aromatic carbocycles. The zero-order valence-corrected chi connectivity index (χ0v) is 15.7. The Morgan fingerprint density at radius 2 is 2.08 bits per heavy atom. The lowest BCUT2D eigenvalue weighted by molar-refractivity contribution is -0.122. The normalized spacial score (nSPS) is 12.2. The van der Waals surface area contributed by atoms with Crippen LogP contribution >= 0.6 is 0 Å². The van der Waals surface area contributed by atoms with Gasteiger partial charge in [-0.05, 0) is 26.0 Å². The highest BCUT2D eigenvalue weighted by atomic mass is 16.2. The smallest absolute Gasteiger partial charge is 0.232 e. The van der Waals surface area contributed by atoms with Crippen LogP contribution in [0.2, 0.25) is 0 Å². The molecule has 26 heavy (non-hydrogen) atoms. The molecule has 0 saturated heterocycles. The van der Waals surface area contributed by atoms with Crippen LogP contribution in [-0.2, 0) is 18.4 Å². The van der Waals surface area contributed by atoms with Crippen LogP contribution in [0, 0.1) is 19.8 Å². The van der Waals surface area contributed by atoms with Gasteiger partial charge >= 0.3 is 0 Å². The molecule has 1 amide bonds. The fourth-order valence-electron chi connectivity index (χ4n) is 2.94. The summed E-state index contributed by atoms with van der Waals surface area (Å²) in [7, 11) is 3.59. The number of amides is 1. The lowest BCUT2D eigenvalue weighted by atomic mass is 10.1. The second kappa shape index (κ2) is 7.07. The van der Waals surface area contributed by atoms with Crippen molar-refractivity contribution in [2.75, 3.05) is 11.9 Å². The predicted octanol–water partition coefficient (Wildman–Crippen LogP) is 1.99. The number of pyridine rings is 1. The molecule has 136 valence electrons. The van der Waals surface area contributed by atoms with Crippen LogP contribution in [0.25, 0.3) is 11.3 Å². The van der Waals surface area contributed by atoms with E-state index in [1.165, 1.54) is 0 Å². The molecule has 1 atom stereocenters. The Morgan fingerprint density at radius 3 is 2.69 bits per heavy atom. The fraction of sp³-hybridized carbons (Fsp3) is 0.389. The second-order valence-electron chi connectivity index (χ2n) is 6.44. The Balaban J connectivity index is 1.78. The van der Waals surface area contributed by atoms with Crippen molar-refractivity contribution >= 4 is 11.7 Å². The van der Waals surface area contributed by atoms with E-state index in [1.54, 1.807) is 33.7 Å². The van der Waals surface area contributed by atoms with E-state index in [0.29, 0.717) is 12.4 Å². The highest BCUT2D eigenvalue weighted by molar-refractivity contribution is 5.94. The summed E-state index contributed by atoms with van der Waals surface area (Å²) >= 11 is 0. The Bertz CT molecular complexity index is 913. The molecule has 0 radical (unpaired) electrons. The average Bonchev–Trinajstić information content (AvgIpc) is 3.16.